The van der Waals surface area contributed by atoms with E-state index in [0.717, 1.165) is 23.2 Å². The zero-order valence-corrected chi connectivity index (χ0v) is 11.3. The van der Waals surface area contributed by atoms with Crippen LogP contribution in [0.3, 0.4) is 0 Å². The van der Waals surface area contributed by atoms with Crippen LogP contribution in [0.25, 0.3) is 0 Å². The molecule has 0 aliphatic carbocycles. The third kappa shape index (κ3) is 3.20. The van der Waals surface area contributed by atoms with Gasteiger partial charge in [0.1, 0.15) is 0 Å². The predicted molar refractivity (Wildman–Crippen MR) is 72.2 cm³/mol. The Morgan fingerprint density at radius 3 is 3.12 bits per heavy atom. The molecule has 5 heteroatoms. The summed E-state index contributed by atoms with van der Waals surface area (Å²) in [5.74, 6) is 0.0801. The summed E-state index contributed by atoms with van der Waals surface area (Å²) in [6, 6.07) is 8.20. The standard InChI is InChI=1S/C12H16BrN3O/c1-14-6-10-7-16(8-12(17)15-10)11-4-2-3-9(13)5-11/h2-5,10,14H,6-8H2,1H3,(H,15,17). The van der Waals surface area contributed by atoms with Gasteiger partial charge in [0.2, 0.25) is 5.91 Å². The fraction of sp³-hybridized carbons (Fsp3) is 0.417. The molecule has 1 aliphatic heterocycles. The van der Waals surface area contributed by atoms with E-state index in [1.165, 1.54) is 0 Å². The van der Waals surface area contributed by atoms with Crippen LogP contribution >= 0.6 is 15.9 Å². The molecular formula is C12H16BrN3O. The number of carbonyl (C=O) groups excluding carboxylic acids is 1. The van der Waals surface area contributed by atoms with Gasteiger partial charge < -0.3 is 15.5 Å². The fourth-order valence-corrected chi connectivity index (χ4v) is 2.44. The summed E-state index contributed by atoms with van der Waals surface area (Å²) in [4.78, 5) is 13.7. The normalized spacial score (nSPS) is 20.2. The Morgan fingerprint density at radius 1 is 1.59 bits per heavy atom. The summed E-state index contributed by atoms with van der Waals surface area (Å²) in [6.07, 6.45) is 0. The molecule has 1 atom stereocenters. The van der Waals surface area contributed by atoms with Gasteiger partial charge in [-0.15, -0.1) is 0 Å². The topological polar surface area (TPSA) is 44.4 Å². The van der Waals surface area contributed by atoms with Crippen LogP contribution in [0.1, 0.15) is 0 Å². The Morgan fingerprint density at radius 2 is 2.41 bits per heavy atom. The van der Waals surface area contributed by atoms with Gasteiger partial charge in [-0.2, -0.15) is 0 Å². The molecule has 1 aromatic carbocycles. The number of rotatable bonds is 3. The van der Waals surface area contributed by atoms with Crippen molar-refractivity contribution < 1.29 is 4.79 Å². The number of nitrogens with zero attached hydrogens (tertiary/aromatic N) is 1. The second kappa shape index (κ2) is 5.51. The van der Waals surface area contributed by atoms with Crippen LogP contribution in [0.4, 0.5) is 5.69 Å². The monoisotopic (exact) mass is 297 g/mol. The van der Waals surface area contributed by atoms with Crippen LogP contribution in [0, 0.1) is 0 Å². The van der Waals surface area contributed by atoms with Crippen molar-refractivity contribution in [2.24, 2.45) is 0 Å². The zero-order valence-electron chi connectivity index (χ0n) is 9.74. The minimum Gasteiger partial charge on any atom is -0.360 e. The van der Waals surface area contributed by atoms with Crippen molar-refractivity contribution in [2.75, 3.05) is 31.6 Å². The number of nitrogens with one attached hydrogen (secondary N) is 2. The van der Waals surface area contributed by atoms with Crippen molar-refractivity contribution in [1.29, 1.82) is 0 Å². The number of halogens is 1. The Labute approximate surface area is 110 Å². The lowest BCUT2D eigenvalue weighted by atomic mass is 10.1. The Hall–Kier alpha value is -1.07. The highest BCUT2D eigenvalue weighted by atomic mass is 79.9. The average molecular weight is 298 g/mol. The zero-order chi connectivity index (χ0) is 12.3. The third-order valence-corrected chi connectivity index (χ3v) is 3.26. The van der Waals surface area contributed by atoms with Crippen LogP contribution in [0.15, 0.2) is 28.7 Å². The average Bonchev–Trinajstić information content (AvgIpc) is 2.28. The molecule has 92 valence electrons. The van der Waals surface area contributed by atoms with Gasteiger partial charge in [0.25, 0.3) is 0 Å². The molecule has 1 saturated heterocycles. The predicted octanol–water partition coefficient (Wildman–Crippen LogP) is 0.973. The highest BCUT2D eigenvalue weighted by Gasteiger charge is 2.24. The molecule has 0 radical (unpaired) electrons. The third-order valence-electron chi connectivity index (χ3n) is 2.76. The first-order valence-electron chi connectivity index (χ1n) is 5.63. The lowest BCUT2D eigenvalue weighted by Crippen LogP contribution is -2.57. The van der Waals surface area contributed by atoms with Crippen LogP contribution in [0.2, 0.25) is 0 Å². The Kier molecular flexibility index (Phi) is 4.02. The molecule has 1 aromatic rings. The number of piperazine rings is 1. The Bertz CT molecular complexity index is 410. The molecule has 2 N–H and O–H groups in total. The largest absolute Gasteiger partial charge is 0.360 e. The maximum absolute atomic E-state index is 11.6. The quantitative estimate of drug-likeness (QED) is 0.874. The SMILES string of the molecule is CNCC1CN(c2cccc(Br)c2)CC(=O)N1. The summed E-state index contributed by atoms with van der Waals surface area (Å²) < 4.78 is 1.03. The van der Waals surface area contributed by atoms with Crippen LogP contribution in [0.5, 0.6) is 0 Å². The van der Waals surface area contributed by atoms with Crippen molar-refractivity contribution in [3.8, 4) is 0 Å². The number of carbonyl (C=O) groups is 1. The van der Waals surface area contributed by atoms with Crippen molar-refractivity contribution in [2.45, 2.75) is 6.04 Å². The van der Waals surface area contributed by atoms with E-state index in [4.69, 9.17) is 0 Å². The van der Waals surface area contributed by atoms with Crippen LogP contribution in [-0.2, 0) is 4.79 Å². The molecule has 0 bridgehead atoms. The van der Waals surface area contributed by atoms with Gasteiger partial charge in [-0.25, -0.2) is 0 Å². The molecule has 0 spiro atoms. The molecule has 1 aliphatic rings. The van der Waals surface area contributed by atoms with Crippen molar-refractivity contribution in [1.82, 2.24) is 10.6 Å². The van der Waals surface area contributed by atoms with Crippen molar-refractivity contribution >= 4 is 27.5 Å². The fourth-order valence-electron chi connectivity index (χ4n) is 2.05. The summed E-state index contributed by atoms with van der Waals surface area (Å²) in [7, 11) is 1.89. The molecule has 1 unspecified atom stereocenters. The molecular weight excluding hydrogens is 282 g/mol. The van der Waals surface area contributed by atoms with Crippen molar-refractivity contribution in [3.05, 3.63) is 28.7 Å². The molecule has 17 heavy (non-hydrogen) atoms. The smallest absolute Gasteiger partial charge is 0.239 e. The van der Waals surface area contributed by atoms with E-state index < -0.39 is 0 Å². The van der Waals surface area contributed by atoms with E-state index in [1.54, 1.807) is 0 Å². The number of benzene rings is 1. The number of anilines is 1. The van der Waals surface area contributed by atoms with Crippen LogP contribution in [-0.4, -0.2) is 38.6 Å². The lowest BCUT2D eigenvalue weighted by Gasteiger charge is -2.34. The summed E-state index contributed by atoms with van der Waals surface area (Å²) in [5, 5.41) is 6.07. The van der Waals surface area contributed by atoms with Gasteiger partial charge in [-0.1, -0.05) is 22.0 Å². The lowest BCUT2D eigenvalue weighted by molar-refractivity contribution is -0.121. The first-order valence-corrected chi connectivity index (χ1v) is 6.43. The number of hydrogen-bond donors (Lipinski definition) is 2. The maximum atomic E-state index is 11.6. The van der Waals surface area contributed by atoms with E-state index in [0.29, 0.717) is 6.54 Å². The Balaban J connectivity index is 2.12. The van der Waals surface area contributed by atoms with Gasteiger partial charge >= 0.3 is 0 Å². The molecule has 0 aromatic heterocycles. The van der Waals surface area contributed by atoms with Gasteiger partial charge in [0.05, 0.1) is 12.6 Å². The number of hydrogen-bond acceptors (Lipinski definition) is 3. The van der Waals surface area contributed by atoms with Crippen LogP contribution < -0.4 is 15.5 Å². The second-order valence-electron chi connectivity index (χ2n) is 4.18. The molecule has 2 rings (SSSR count). The minimum absolute atomic E-state index is 0.0801. The molecule has 0 saturated carbocycles. The van der Waals surface area contributed by atoms with Gasteiger partial charge in [0, 0.05) is 23.2 Å². The van der Waals surface area contributed by atoms with E-state index in [-0.39, 0.29) is 11.9 Å². The van der Waals surface area contributed by atoms with Crippen molar-refractivity contribution in [3.63, 3.8) is 0 Å². The summed E-state index contributed by atoms with van der Waals surface area (Å²) in [5.41, 5.74) is 1.08. The maximum Gasteiger partial charge on any atom is 0.239 e. The summed E-state index contributed by atoms with van der Waals surface area (Å²) in [6.45, 7) is 2.05. The molecule has 1 heterocycles. The number of amides is 1. The minimum atomic E-state index is 0.0801. The van der Waals surface area contributed by atoms with Gasteiger partial charge in [-0.05, 0) is 25.2 Å². The molecule has 1 amide bonds. The highest BCUT2D eigenvalue weighted by molar-refractivity contribution is 9.10. The molecule has 4 nitrogen and oxygen atoms in total. The first-order chi connectivity index (χ1) is 8.19. The van der Waals surface area contributed by atoms with Gasteiger partial charge in [-0.3, -0.25) is 4.79 Å². The van der Waals surface area contributed by atoms with Gasteiger partial charge in [0.15, 0.2) is 0 Å². The molecule has 1 fully saturated rings. The summed E-state index contributed by atoms with van der Waals surface area (Å²) >= 11 is 3.45. The first kappa shape index (κ1) is 12.4. The second-order valence-corrected chi connectivity index (χ2v) is 5.10. The number of likely N-dealkylation sites (N-methyl/N-ethyl adjacent to an activating group) is 1. The van der Waals surface area contributed by atoms with E-state index >= 15 is 0 Å². The van der Waals surface area contributed by atoms with E-state index in [2.05, 4.69) is 31.5 Å². The highest BCUT2D eigenvalue weighted by Crippen LogP contribution is 2.21. The van der Waals surface area contributed by atoms with E-state index in [9.17, 15) is 4.79 Å². The van der Waals surface area contributed by atoms with E-state index in [1.807, 2.05) is 31.3 Å².